The zero-order valence-corrected chi connectivity index (χ0v) is 14.3. The number of hydrogen-bond donors (Lipinski definition) is 1. The summed E-state index contributed by atoms with van der Waals surface area (Å²) in [6, 6.07) is 0. The Labute approximate surface area is 131 Å². The van der Waals surface area contributed by atoms with Gasteiger partial charge in [0.2, 0.25) is 0 Å². The zero-order chi connectivity index (χ0) is 14.9. The van der Waals surface area contributed by atoms with E-state index in [-0.39, 0.29) is 5.60 Å². The second kappa shape index (κ2) is 6.60. The lowest BCUT2D eigenvalue weighted by molar-refractivity contribution is -0.135. The molecule has 3 aliphatic carbocycles. The zero-order valence-electron chi connectivity index (χ0n) is 14.3. The number of hydrogen-bond acceptors (Lipinski definition) is 1. The van der Waals surface area contributed by atoms with E-state index in [0.29, 0.717) is 11.8 Å². The predicted molar refractivity (Wildman–Crippen MR) is 89.2 cm³/mol. The molecule has 0 radical (unpaired) electrons. The third-order valence-corrected chi connectivity index (χ3v) is 7.09. The maximum Gasteiger partial charge on any atom is 0.0706 e. The second-order valence-electron chi connectivity index (χ2n) is 8.86. The van der Waals surface area contributed by atoms with Crippen molar-refractivity contribution >= 4 is 0 Å². The Bertz CT molecular complexity index is 323. The number of aliphatic hydroxyl groups is 1. The first-order valence-electron chi connectivity index (χ1n) is 9.82. The van der Waals surface area contributed by atoms with Crippen LogP contribution in [0.1, 0.15) is 90.9 Å². The Morgan fingerprint density at radius 1 is 0.762 bits per heavy atom. The molecular weight excluding hydrogens is 256 g/mol. The van der Waals surface area contributed by atoms with E-state index in [1.165, 1.54) is 70.6 Å². The molecule has 4 atom stereocenters. The van der Waals surface area contributed by atoms with E-state index in [9.17, 15) is 5.11 Å². The van der Waals surface area contributed by atoms with Crippen LogP contribution in [0.3, 0.4) is 0 Å². The van der Waals surface area contributed by atoms with E-state index in [2.05, 4.69) is 13.8 Å². The lowest BCUT2D eigenvalue weighted by Gasteiger charge is -2.52. The molecule has 1 nitrogen and oxygen atoms in total. The third-order valence-electron chi connectivity index (χ3n) is 7.09. The lowest BCUT2D eigenvalue weighted by Crippen LogP contribution is -2.52. The fourth-order valence-corrected chi connectivity index (χ4v) is 6.25. The minimum absolute atomic E-state index is 0.316. The molecule has 0 aliphatic heterocycles. The summed E-state index contributed by atoms with van der Waals surface area (Å²) >= 11 is 0. The summed E-state index contributed by atoms with van der Waals surface area (Å²) < 4.78 is 0. The Morgan fingerprint density at radius 3 is 2.05 bits per heavy atom. The molecule has 1 heteroatoms. The molecule has 0 aromatic carbocycles. The van der Waals surface area contributed by atoms with Crippen LogP contribution < -0.4 is 0 Å². The largest absolute Gasteiger partial charge is 0.389 e. The highest BCUT2D eigenvalue weighted by molar-refractivity contribution is 5.00. The van der Waals surface area contributed by atoms with Gasteiger partial charge in [-0.05, 0) is 61.7 Å². The minimum atomic E-state index is -0.316. The van der Waals surface area contributed by atoms with Gasteiger partial charge >= 0.3 is 0 Å². The predicted octanol–water partition coefficient (Wildman–Crippen LogP) is 5.56. The summed E-state index contributed by atoms with van der Waals surface area (Å²) in [7, 11) is 0. The summed E-state index contributed by atoms with van der Waals surface area (Å²) in [4.78, 5) is 0. The van der Waals surface area contributed by atoms with Crippen LogP contribution >= 0.6 is 0 Å². The summed E-state index contributed by atoms with van der Waals surface area (Å²) in [5.74, 6) is 3.67. The van der Waals surface area contributed by atoms with Crippen molar-refractivity contribution in [1.29, 1.82) is 0 Å². The van der Waals surface area contributed by atoms with Crippen LogP contribution in [0.5, 0.6) is 0 Å². The summed E-state index contributed by atoms with van der Waals surface area (Å²) in [6.07, 6.45) is 16.0. The minimum Gasteiger partial charge on any atom is -0.389 e. The standard InChI is InChI=1S/C20H36O/c1-15-12-16(2)14-18(13-15)20(21)11-7-6-10-19(20)17-8-4-3-5-9-17/h15-19,21H,3-14H2,1-2H3. The van der Waals surface area contributed by atoms with Gasteiger partial charge in [0.1, 0.15) is 0 Å². The quantitative estimate of drug-likeness (QED) is 0.706. The monoisotopic (exact) mass is 292 g/mol. The topological polar surface area (TPSA) is 20.2 Å². The summed E-state index contributed by atoms with van der Waals surface area (Å²) in [5, 5.41) is 11.7. The smallest absolute Gasteiger partial charge is 0.0706 e. The van der Waals surface area contributed by atoms with Gasteiger partial charge < -0.3 is 5.11 Å². The van der Waals surface area contributed by atoms with Crippen LogP contribution in [0, 0.1) is 29.6 Å². The normalized spacial score (nSPS) is 46.4. The molecule has 21 heavy (non-hydrogen) atoms. The molecule has 0 heterocycles. The molecule has 0 spiro atoms. The van der Waals surface area contributed by atoms with Gasteiger partial charge in [-0.1, -0.05) is 58.8 Å². The van der Waals surface area contributed by atoms with E-state index < -0.39 is 0 Å². The Hall–Kier alpha value is -0.0400. The van der Waals surface area contributed by atoms with Gasteiger partial charge in [-0.2, -0.15) is 0 Å². The maximum absolute atomic E-state index is 11.7. The summed E-state index contributed by atoms with van der Waals surface area (Å²) in [5.41, 5.74) is -0.316. The summed E-state index contributed by atoms with van der Waals surface area (Å²) in [6.45, 7) is 4.81. The Balaban J connectivity index is 1.77. The lowest BCUT2D eigenvalue weighted by atomic mass is 9.57. The third kappa shape index (κ3) is 3.33. The molecule has 122 valence electrons. The average molecular weight is 293 g/mol. The van der Waals surface area contributed by atoms with Crippen LogP contribution in [0.4, 0.5) is 0 Å². The van der Waals surface area contributed by atoms with E-state index >= 15 is 0 Å². The molecule has 0 aromatic rings. The van der Waals surface area contributed by atoms with Crippen LogP contribution in [-0.4, -0.2) is 10.7 Å². The van der Waals surface area contributed by atoms with Crippen molar-refractivity contribution in [3.05, 3.63) is 0 Å². The average Bonchev–Trinajstić information content (AvgIpc) is 2.47. The van der Waals surface area contributed by atoms with E-state index in [1.807, 2.05) is 0 Å². The van der Waals surface area contributed by atoms with Crippen molar-refractivity contribution in [2.75, 3.05) is 0 Å². The van der Waals surface area contributed by atoms with Gasteiger partial charge in [0.05, 0.1) is 5.60 Å². The molecule has 3 saturated carbocycles. The van der Waals surface area contributed by atoms with Gasteiger partial charge in [0.15, 0.2) is 0 Å². The van der Waals surface area contributed by atoms with Gasteiger partial charge in [0.25, 0.3) is 0 Å². The highest BCUT2D eigenvalue weighted by atomic mass is 16.3. The fourth-order valence-electron chi connectivity index (χ4n) is 6.25. The van der Waals surface area contributed by atoms with E-state index in [1.54, 1.807) is 0 Å². The van der Waals surface area contributed by atoms with Crippen molar-refractivity contribution < 1.29 is 5.11 Å². The molecule has 3 rings (SSSR count). The van der Waals surface area contributed by atoms with Crippen molar-refractivity contribution in [2.24, 2.45) is 29.6 Å². The molecule has 0 bridgehead atoms. The molecule has 1 N–H and O–H groups in total. The van der Waals surface area contributed by atoms with Gasteiger partial charge in [-0.3, -0.25) is 0 Å². The molecule has 4 unspecified atom stereocenters. The number of rotatable bonds is 2. The van der Waals surface area contributed by atoms with Crippen LogP contribution in [0.15, 0.2) is 0 Å². The van der Waals surface area contributed by atoms with Crippen molar-refractivity contribution in [3.63, 3.8) is 0 Å². The van der Waals surface area contributed by atoms with Crippen molar-refractivity contribution in [1.82, 2.24) is 0 Å². The Kier molecular flexibility index (Phi) is 4.98. The maximum atomic E-state index is 11.7. The SMILES string of the molecule is CC1CC(C)CC(C2(O)CCCCC2C2CCCCC2)C1. The highest BCUT2D eigenvalue weighted by Gasteiger charge is 2.49. The first-order chi connectivity index (χ1) is 10.1. The van der Waals surface area contributed by atoms with Crippen LogP contribution in [0.2, 0.25) is 0 Å². The van der Waals surface area contributed by atoms with E-state index in [4.69, 9.17) is 0 Å². The highest BCUT2D eigenvalue weighted by Crippen LogP contribution is 2.51. The van der Waals surface area contributed by atoms with Gasteiger partial charge in [0, 0.05) is 0 Å². The van der Waals surface area contributed by atoms with Crippen molar-refractivity contribution in [2.45, 2.75) is 96.5 Å². The second-order valence-corrected chi connectivity index (χ2v) is 8.86. The fraction of sp³-hybridized carbons (Fsp3) is 1.00. The molecule has 0 amide bonds. The molecule has 0 aromatic heterocycles. The molecule has 0 saturated heterocycles. The van der Waals surface area contributed by atoms with Gasteiger partial charge in [-0.15, -0.1) is 0 Å². The molecule has 3 aliphatic rings. The molecule has 3 fully saturated rings. The van der Waals surface area contributed by atoms with Crippen LogP contribution in [0.25, 0.3) is 0 Å². The Morgan fingerprint density at radius 2 is 1.38 bits per heavy atom. The van der Waals surface area contributed by atoms with E-state index in [0.717, 1.165) is 24.2 Å². The molecular formula is C20H36O. The first-order valence-corrected chi connectivity index (χ1v) is 9.82. The first kappa shape index (κ1) is 15.8. The van der Waals surface area contributed by atoms with Gasteiger partial charge in [-0.25, -0.2) is 0 Å². The van der Waals surface area contributed by atoms with Crippen molar-refractivity contribution in [3.8, 4) is 0 Å². The van der Waals surface area contributed by atoms with Crippen LogP contribution in [-0.2, 0) is 0 Å².